The minimum Gasteiger partial charge on any atom is -0.382 e. The van der Waals surface area contributed by atoms with E-state index in [2.05, 4.69) is 5.32 Å². The largest absolute Gasteiger partial charge is 0.382 e. The van der Waals surface area contributed by atoms with Crippen LogP contribution < -0.4 is 5.32 Å². The SMILES string of the molecule is COCC(NC1CC1)(c1nc2c(s1)CCC2)C1CC1. The highest BCUT2D eigenvalue weighted by molar-refractivity contribution is 7.12. The average Bonchev–Trinajstić information content (AvgIpc) is 3.28. The molecule has 0 amide bonds. The van der Waals surface area contributed by atoms with Crippen LogP contribution in [0.3, 0.4) is 0 Å². The van der Waals surface area contributed by atoms with Crippen molar-refractivity contribution in [1.82, 2.24) is 10.3 Å². The van der Waals surface area contributed by atoms with Gasteiger partial charge in [-0.2, -0.15) is 0 Å². The zero-order valence-corrected chi connectivity index (χ0v) is 12.4. The van der Waals surface area contributed by atoms with E-state index in [0.717, 1.165) is 12.5 Å². The molecule has 19 heavy (non-hydrogen) atoms. The summed E-state index contributed by atoms with van der Waals surface area (Å²) in [4.78, 5) is 6.54. The molecule has 4 heteroatoms. The summed E-state index contributed by atoms with van der Waals surface area (Å²) in [5.74, 6) is 0.735. The Morgan fingerprint density at radius 2 is 2.16 bits per heavy atom. The van der Waals surface area contributed by atoms with Crippen molar-refractivity contribution in [2.45, 2.75) is 56.5 Å². The van der Waals surface area contributed by atoms with Crippen LogP contribution in [0, 0.1) is 5.92 Å². The van der Waals surface area contributed by atoms with E-state index in [1.807, 2.05) is 18.4 Å². The van der Waals surface area contributed by atoms with Crippen molar-refractivity contribution >= 4 is 11.3 Å². The molecular weight excluding hydrogens is 256 g/mol. The van der Waals surface area contributed by atoms with Gasteiger partial charge in [-0.15, -0.1) is 11.3 Å². The minimum absolute atomic E-state index is 0.0188. The molecular formula is C15H22N2OS. The van der Waals surface area contributed by atoms with Gasteiger partial charge in [0.05, 0.1) is 17.8 Å². The lowest BCUT2D eigenvalue weighted by atomic mass is 9.94. The summed E-state index contributed by atoms with van der Waals surface area (Å²) in [6.07, 6.45) is 9.02. The molecule has 3 aliphatic carbocycles. The molecule has 1 N–H and O–H groups in total. The Morgan fingerprint density at radius 1 is 1.32 bits per heavy atom. The molecule has 1 heterocycles. The smallest absolute Gasteiger partial charge is 0.116 e. The Hall–Kier alpha value is -0.450. The Morgan fingerprint density at radius 3 is 2.79 bits per heavy atom. The number of thiazole rings is 1. The molecule has 1 aromatic rings. The summed E-state index contributed by atoms with van der Waals surface area (Å²) in [5, 5.41) is 5.21. The van der Waals surface area contributed by atoms with E-state index in [-0.39, 0.29) is 5.54 Å². The van der Waals surface area contributed by atoms with Crippen molar-refractivity contribution < 1.29 is 4.74 Å². The van der Waals surface area contributed by atoms with Gasteiger partial charge in [-0.1, -0.05) is 0 Å². The summed E-state index contributed by atoms with van der Waals surface area (Å²) in [6.45, 7) is 0.778. The molecule has 1 aromatic heterocycles. The number of rotatable bonds is 6. The molecule has 1 unspecified atom stereocenters. The van der Waals surface area contributed by atoms with Gasteiger partial charge in [0, 0.05) is 18.0 Å². The molecule has 2 fully saturated rings. The standard InChI is InChI=1S/C15H22N2OS/c1-18-9-15(10-5-6-10,17-11-7-8-11)14-16-12-3-2-4-13(12)19-14/h10-11,17H,2-9H2,1H3. The van der Waals surface area contributed by atoms with E-state index < -0.39 is 0 Å². The fraction of sp³-hybridized carbons (Fsp3) is 0.800. The third-order valence-electron chi connectivity index (χ3n) is 4.66. The molecule has 0 spiro atoms. The first-order chi connectivity index (χ1) is 9.32. The van der Waals surface area contributed by atoms with E-state index in [4.69, 9.17) is 9.72 Å². The Labute approximate surface area is 118 Å². The summed E-state index contributed by atoms with van der Waals surface area (Å²) in [7, 11) is 1.83. The molecule has 4 rings (SSSR count). The first-order valence-corrected chi connectivity index (χ1v) is 8.39. The fourth-order valence-electron chi connectivity index (χ4n) is 3.35. The number of methoxy groups -OCH3 is 1. The Bertz CT molecular complexity index is 457. The molecule has 104 valence electrons. The minimum atomic E-state index is 0.0188. The van der Waals surface area contributed by atoms with Crippen LogP contribution in [0.15, 0.2) is 0 Å². The van der Waals surface area contributed by atoms with Gasteiger partial charge in [-0.05, 0) is 50.9 Å². The topological polar surface area (TPSA) is 34.1 Å². The molecule has 0 saturated heterocycles. The normalized spacial score (nSPS) is 25.3. The van der Waals surface area contributed by atoms with Gasteiger partial charge in [0.2, 0.25) is 0 Å². The second-order valence-corrected chi connectivity index (χ2v) is 7.42. The number of nitrogens with one attached hydrogen (secondary N) is 1. The van der Waals surface area contributed by atoms with Crippen LogP contribution in [0.4, 0.5) is 0 Å². The number of aromatic nitrogens is 1. The van der Waals surface area contributed by atoms with Crippen molar-refractivity contribution in [1.29, 1.82) is 0 Å². The zero-order valence-electron chi connectivity index (χ0n) is 11.6. The predicted octanol–water partition coefficient (Wildman–Crippen LogP) is 2.64. The van der Waals surface area contributed by atoms with Crippen LogP contribution in [0.1, 0.15) is 47.7 Å². The van der Waals surface area contributed by atoms with Gasteiger partial charge in [-0.3, -0.25) is 0 Å². The molecule has 0 radical (unpaired) electrons. The highest BCUT2D eigenvalue weighted by atomic mass is 32.1. The van der Waals surface area contributed by atoms with Gasteiger partial charge in [0.25, 0.3) is 0 Å². The van der Waals surface area contributed by atoms with Gasteiger partial charge >= 0.3 is 0 Å². The van der Waals surface area contributed by atoms with E-state index in [1.165, 1.54) is 60.5 Å². The van der Waals surface area contributed by atoms with Crippen molar-refractivity contribution in [3.8, 4) is 0 Å². The molecule has 1 atom stereocenters. The summed E-state index contributed by atoms with van der Waals surface area (Å²) < 4.78 is 5.60. The lowest BCUT2D eigenvalue weighted by Crippen LogP contribution is -2.49. The van der Waals surface area contributed by atoms with Crippen LogP contribution in [0.5, 0.6) is 0 Å². The van der Waals surface area contributed by atoms with E-state index in [0.29, 0.717) is 6.04 Å². The van der Waals surface area contributed by atoms with Crippen molar-refractivity contribution in [3.63, 3.8) is 0 Å². The molecule has 2 saturated carbocycles. The van der Waals surface area contributed by atoms with Crippen molar-refractivity contribution in [2.24, 2.45) is 5.92 Å². The van der Waals surface area contributed by atoms with E-state index in [1.54, 1.807) is 0 Å². The van der Waals surface area contributed by atoms with Crippen molar-refractivity contribution in [2.75, 3.05) is 13.7 Å². The van der Waals surface area contributed by atoms with Crippen LogP contribution in [-0.2, 0) is 23.1 Å². The number of hydrogen-bond donors (Lipinski definition) is 1. The third kappa shape index (κ3) is 2.14. The van der Waals surface area contributed by atoms with Gasteiger partial charge < -0.3 is 10.1 Å². The molecule has 3 aliphatic rings. The molecule has 3 nitrogen and oxygen atoms in total. The zero-order chi connectivity index (χ0) is 12.9. The van der Waals surface area contributed by atoms with Crippen LogP contribution in [0.25, 0.3) is 0 Å². The number of aryl methyl sites for hydroxylation is 2. The van der Waals surface area contributed by atoms with Gasteiger partial charge in [0.1, 0.15) is 5.01 Å². The van der Waals surface area contributed by atoms with Crippen molar-refractivity contribution in [3.05, 3.63) is 15.6 Å². The van der Waals surface area contributed by atoms with E-state index >= 15 is 0 Å². The molecule has 0 aromatic carbocycles. The Kier molecular flexibility index (Phi) is 2.94. The summed E-state index contributed by atoms with van der Waals surface area (Å²) >= 11 is 1.95. The summed E-state index contributed by atoms with van der Waals surface area (Å²) in [6, 6.07) is 0.703. The van der Waals surface area contributed by atoms with Gasteiger partial charge in [-0.25, -0.2) is 4.98 Å². The highest BCUT2D eigenvalue weighted by Gasteiger charge is 2.51. The second-order valence-electron chi connectivity index (χ2n) is 6.34. The monoisotopic (exact) mass is 278 g/mol. The first-order valence-electron chi connectivity index (χ1n) is 7.57. The highest BCUT2D eigenvalue weighted by Crippen LogP contribution is 2.49. The van der Waals surface area contributed by atoms with Crippen LogP contribution >= 0.6 is 11.3 Å². The number of ether oxygens (including phenoxy) is 1. The van der Waals surface area contributed by atoms with Crippen LogP contribution in [-0.4, -0.2) is 24.7 Å². The maximum Gasteiger partial charge on any atom is 0.116 e. The maximum absolute atomic E-state index is 5.60. The lowest BCUT2D eigenvalue weighted by molar-refractivity contribution is 0.0908. The number of nitrogens with zero attached hydrogens (tertiary/aromatic N) is 1. The molecule has 0 bridgehead atoms. The second kappa shape index (κ2) is 4.54. The third-order valence-corrected chi connectivity index (χ3v) is 6.00. The number of fused-ring (bicyclic) bond motifs is 1. The molecule has 0 aliphatic heterocycles. The fourth-order valence-corrected chi connectivity index (χ4v) is 4.72. The average molecular weight is 278 g/mol. The predicted molar refractivity (Wildman–Crippen MR) is 76.6 cm³/mol. The van der Waals surface area contributed by atoms with Crippen LogP contribution in [0.2, 0.25) is 0 Å². The number of hydrogen-bond acceptors (Lipinski definition) is 4. The maximum atomic E-state index is 5.60. The Balaban J connectivity index is 1.69. The van der Waals surface area contributed by atoms with E-state index in [9.17, 15) is 0 Å². The summed E-state index contributed by atoms with van der Waals surface area (Å²) in [5.41, 5.74) is 1.39. The van der Waals surface area contributed by atoms with Gasteiger partial charge in [0.15, 0.2) is 0 Å². The first kappa shape index (κ1) is 12.3. The lowest BCUT2D eigenvalue weighted by Gasteiger charge is -2.33. The quantitative estimate of drug-likeness (QED) is 0.868.